The molecule has 1 heterocycles. The predicted octanol–water partition coefficient (Wildman–Crippen LogP) is 2.38. The van der Waals surface area contributed by atoms with Crippen LogP contribution in [0.25, 0.3) is 0 Å². The molecule has 1 saturated heterocycles. The molecule has 1 aromatic rings. The van der Waals surface area contributed by atoms with Gasteiger partial charge in [-0.15, -0.1) is 24.0 Å². The second kappa shape index (κ2) is 7.83. The molecular formula is C15H24IN3O. The van der Waals surface area contributed by atoms with Crippen molar-refractivity contribution in [3.8, 4) is 0 Å². The van der Waals surface area contributed by atoms with Gasteiger partial charge < -0.3 is 15.4 Å². The fourth-order valence-corrected chi connectivity index (χ4v) is 2.51. The largest absolute Gasteiger partial charge is 0.378 e. The molecule has 2 N–H and O–H groups in total. The Morgan fingerprint density at radius 2 is 1.75 bits per heavy atom. The van der Waals surface area contributed by atoms with E-state index in [1.807, 2.05) is 0 Å². The Labute approximate surface area is 138 Å². The third-order valence-corrected chi connectivity index (χ3v) is 3.57. The molecule has 0 aromatic heterocycles. The van der Waals surface area contributed by atoms with Crippen LogP contribution in [0.1, 0.15) is 22.3 Å². The summed E-state index contributed by atoms with van der Waals surface area (Å²) in [4.78, 5) is 6.62. The molecule has 0 saturated carbocycles. The number of aryl methyl sites for hydroxylation is 3. The standard InChI is InChI=1S/C15H23N3O.HI/c1-11-8-12(2)14(13(3)9-11)10-17-15(16)18-4-6-19-7-5-18;/h8-9H,4-7,10H2,1-3H3,(H2,16,17);1H. The molecule has 0 radical (unpaired) electrons. The second-order valence-corrected chi connectivity index (χ2v) is 5.15. The maximum atomic E-state index is 6.05. The van der Waals surface area contributed by atoms with E-state index in [0.29, 0.717) is 12.5 Å². The number of rotatable bonds is 2. The van der Waals surface area contributed by atoms with E-state index in [1.165, 1.54) is 22.3 Å². The van der Waals surface area contributed by atoms with E-state index >= 15 is 0 Å². The number of guanidine groups is 1. The van der Waals surface area contributed by atoms with Crippen LogP contribution < -0.4 is 5.73 Å². The predicted molar refractivity (Wildman–Crippen MR) is 93.8 cm³/mol. The van der Waals surface area contributed by atoms with E-state index in [1.54, 1.807) is 0 Å². The van der Waals surface area contributed by atoms with Crippen LogP contribution in [-0.2, 0) is 11.3 Å². The Morgan fingerprint density at radius 1 is 1.20 bits per heavy atom. The van der Waals surface area contributed by atoms with Crippen LogP contribution in [0.2, 0.25) is 0 Å². The first-order valence-electron chi connectivity index (χ1n) is 6.77. The molecule has 5 heteroatoms. The fourth-order valence-electron chi connectivity index (χ4n) is 2.51. The highest BCUT2D eigenvalue weighted by Crippen LogP contribution is 2.17. The highest BCUT2D eigenvalue weighted by atomic mass is 127. The summed E-state index contributed by atoms with van der Waals surface area (Å²) in [5.74, 6) is 0.627. The number of morpholine rings is 1. The van der Waals surface area contributed by atoms with Crippen molar-refractivity contribution in [3.63, 3.8) is 0 Å². The molecule has 0 unspecified atom stereocenters. The van der Waals surface area contributed by atoms with Gasteiger partial charge in [0.2, 0.25) is 0 Å². The summed E-state index contributed by atoms with van der Waals surface area (Å²) in [7, 11) is 0. The van der Waals surface area contributed by atoms with Gasteiger partial charge in [0, 0.05) is 13.1 Å². The first-order chi connectivity index (χ1) is 9.08. The molecule has 0 atom stereocenters. The average Bonchev–Trinajstić information content (AvgIpc) is 2.38. The van der Waals surface area contributed by atoms with Crippen LogP contribution in [0, 0.1) is 20.8 Å². The molecule has 0 aliphatic carbocycles. The zero-order chi connectivity index (χ0) is 13.8. The van der Waals surface area contributed by atoms with Gasteiger partial charge in [-0.05, 0) is 37.5 Å². The summed E-state index contributed by atoms with van der Waals surface area (Å²) < 4.78 is 5.31. The topological polar surface area (TPSA) is 50.8 Å². The van der Waals surface area contributed by atoms with Crippen molar-refractivity contribution in [1.82, 2.24) is 4.90 Å². The molecule has 1 fully saturated rings. The molecule has 0 bridgehead atoms. The van der Waals surface area contributed by atoms with Crippen molar-refractivity contribution >= 4 is 29.9 Å². The van der Waals surface area contributed by atoms with Gasteiger partial charge in [0.1, 0.15) is 0 Å². The number of aliphatic imine (C=N–C) groups is 1. The highest BCUT2D eigenvalue weighted by Gasteiger charge is 2.12. The Balaban J connectivity index is 0.00000200. The average molecular weight is 389 g/mol. The first-order valence-corrected chi connectivity index (χ1v) is 6.77. The molecule has 1 aliphatic rings. The number of hydrogen-bond acceptors (Lipinski definition) is 2. The van der Waals surface area contributed by atoms with Gasteiger partial charge in [-0.3, -0.25) is 0 Å². The zero-order valence-electron chi connectivity index (χ0n) is 12.5. The van der Waals surface area contributed by atoms with Crippen LogP contribution >= 0.6 is 24.0 Å². The summed E-state index contributed by atoms with van der Waals surface area (Å²) in [5, 5.41) is 0. The van der Waals surface area contributed by atoms with Gasteiger partial charge >= 0.3 is 0 Å². The summed E-state index contributed by atoms with van der Waals surface area (Å²) in [6.07, 6.45) is 0. The summed E-state index contributed by atoms with van der Waals surface area (Å²) >= 11 is 0. The quantitative estimate of drug-likeness (QED) is 0.480. The van der Waals surface area contributed by atoms with Gasteiger partial charge in [0.25, 0.3) is 0 Å². The van der Waals surface area contributed by atoms with Crippen molar-refractivity contribution in [2.24, 2.45) is 10.7 Å². The van der Waals surface area contributed by atoms with Gasteiger partial charge in [0.05, 0.1) is 19.8 Å². The van der Waals surface area contributed by atoms with Crippen LogP contribution in [0.5, 0.6) is 0 Å². The van der Waals surface area contributed by atoms with E-state index in [4.69, 9.17) is 10.5 Å². The van der Waals surface area contributed by atoms with Crippen molar-refractivity contribution in [3.05, 3.63) is 34.4 Å². The SMILES string of the molecule is Cc1cc(C)c(CN=C(N)N2CCOCC2)c(C)c1.I. The van der Waals surface area contributed by atoms with E-state index in [9.17, 15) is 0 Å². The van der Waals surface area contributed by atoms with Crippen molar-refractivity contribution in [1.29, 1.82) is 0 Å². The zero-order valence-corrected chi connectivity index (χ0v) is 14.8. The van der Waals surface area contributed by atoms with E-state index in [0.717, 1.165) is 26.3 Å². The number of benzene rings is 1. The normalized spacial score (nSPS) is 15.9. The van der Waals surface area contributed by atoms with E-state index < -0.39 is 0 Å². The molecule has 4 nitrogen and oxygen atoms in total. The van der Waals surface area contributed by atoms with Crippen molar-refractivity contribution < 1.29 is 4.74 Å². The lowest BCUT2D eigenvalue weighted by atomic mass is 10.00. The summed E-state index contributed by atoms with van der Waals surface area (Å²) in [6, 6.07) is 4.39. The number of halogens is 1. The lowest BCUT2D eigenvalue weighted by Gasteiger charge is -2.27. The molecule has 1 aliphatic heterocycles. The minimum Gasteiger partial charge on any atom is -0.378 e. The minimum absolute atomic E-state index is 0. The van der Waals surface area contributed by atoms with Gasteiger partial charge in [-0.25, -0.2) is 4.99 Å². The van der Waals surface area contributed by atoms with Crippen molar-refractivity contribution in [2.75, 3.05) is 26.3 Å². The highest BCUT2D eigenvalue weighted by molar-refractivity contribution is 14.0. The molecular weight excluding hydrogens is 365 g/mol. The minimum atomic E-state index is 0. The number of nitrogens with two attached hydrogens (primary N) is 1. The van der Waals surface area contributed by atoms with Gasteiger partial charge in [-0.1, -0.05) is 17.7 Å². The smallest absolute Gasteiger partial charge is 0.191 e. The third-order valence-electron chi connectivity index (χ3n) is 3.57. The molecule has 0 spiro atoms. The van der Waals surface area contributed by atoms with Gasteiger partial charge in [-0.2, -0.15) is 0 Å². The monoisotopic (exact) mass is 389 g/mol. The Bertz CT molecular complexity index is 459. The summed E-state index contributed by atoms with van der Waals surface area (Å²) in [6.45, 7) is 10.2. The Hall–Kier alpha value is -0.820. The van der Waals surface area contributed by atoms with E-state index in [2.05, 4.69) is 42.8 Å². The van der Waals surface area contributed by atoms with Crippen LogP contribution in [0.4, 0.5) is 0 Å². The maximum absolute atomic E-state index is 6.05. The van der Waals surface area contributed by atoms with Crippen LogP contribution in [0.15, 0.2) is 17.1 Å². The molecule has 112 valence electrons. The molecule has 1 aromatic carbocycles. The summed E-state index contributed by atoms with van der Waals surface area (Å²) in [5.41, 5.74) is 11.2. The fraction of sp³-hybridized carbons (Fsp3) is 0.533. The maximum Gasteiger partial charge on any atom is 0.191 e. The molecule has 0 amide bonds. The van der Waals surface area contributed by atoms with Gasteiger partial charge in [0.15, 0.2) is 5.96 Å². The molecule has 20 heavy (non-hydrogen) atoms. The Morgan fingerprint density at radius 3 is 2.30 bits per heavy atom. The number of nitrogens with zero attached hydrogens (tertiary/aromatic N) is 2. The molecule has 2 rings (SSSR count). The Kier molecular flexibility index (Phi) is 6.75. The van der Waals surface area contributed by atoms with E-state index in [-0.39, 0.29) is 24.0 Å². The van der Waals surface area contributed by atoms with Crippen LogP contribution in [-0.4, -0.2) is 37.2 Å². The lowest BCUT2D eigenvalue weighted by molar-refractivity contribution is 0.0674. The lowest BCUT2D eigenvalue weighted by Crippen LogP contribution is -2.44. The first kappa shape index (κ1) is 17.2. The van der Waals surface area contributed by atoms with Crippen molar-refractivity contribution in [2.45, 2.75) is 27.3 Å². The number of ether oxygens (including phenoxy) is 1. The third kappa shape index (κ3) is 4.34. The second-order valence-electron chi connectivity index (χ2n) is 5.15. The number of hydrogen-bond donors (Lipinski definition) is 1. The van der Waals surface area contributed by atoms with Crippen LogP contribution in [0.3, 0.4) is 0 Å².